The summed E-state index contributed by atoms with van der Waals surface area (Å²) in [7, 11) is 1.22. The van der Waals surface area contributed by atoms with Crippen molar-refractivity contribution in [3.63, 3.8) is 0 Å². The summed E-state index contributed by atoms with van der Waals surface area (Å²) < 4.78 is 31.0. The van der Waals surface area contributed by atoms with Crippen LogP contribution in [0.5, 0.6) is 0 Å². The molecule has 1 N–H and O–H groups in total. The predicted octanol–water partition coefficient (Wildman–Crippen LogP) is 1.82. The number of rotatable bonds is 5. The van der Waals surface area contributed by atoms with Gasteiger partial charge in [0.15, 0.2) is 11.6 Å². The first-order chi connectivity index (χ1) is 9.36. The zero-order valence-electron chi connectivity index (χ0n) is 11.6. The van der Waals surface area contributed by atoms with E-state index in [1.165, 1.54) is 19.2 Å². The van der Waals surface area contributed by atoms with Crippen molar-refractivity contribution in [2.75, 3.05) is 7.11 Å². The van der Waals surface area contributed by atoms with Crippen LogP contribution in [-0.4, -0.2) is 25.0 Å². The van der Waals surface area contributed by atoms with E-state index >= 15 is 0 Å². The third-order valence-corrected chi connectivity index (χ3v) is 2.82. The SMILES string of the molecule is COC(=O)C(NC(=O)Cc1cccc(F)c1F)C(C)C. The zero-order chi connectivity index (χ0) is 15.3. The lowest BCUT2D eigenvalue weighted by Crippen LogP contribution is -2.45. The highest BCUT2D eigenvalue weighted by atomic mass is 19.2. The summed E-state index contributed by atoms with van der Waals surface area (Å²) >= 11 is 0. The van der Waals surface area contributed by atoms with E-state index in [2.05, 4.69) is 10.1 Å². The van der Waals surface area contributed by atoms with Gasteiger partial charge in [-0.15, -0.1) is 0 Å². The number of amides is 1. The first-order valence-corrected chi connectivity index (χ1v) is 6.17. The van der Waals surface area contributed by atoms with Crippen molar-refractivity contribution in [1.29, 1.82) is 0 Å². The molecule has 0 aliphatic heterocycles. The van der Waals surface area contributed by atoms with Gasteiger partial charge >= 0.3 is 5.97 Å². The number of benzene rings is 1. The minimum atomic E-state index is -1.05. The number of hydrogen-bond acceptors (Lipinski definition) is 3. The molecular weight excluding hydrogens is 268 g/mol. The van der Waals surface area contributed by atoms with Gasteiger partial charge in [-0.1, -0.05) is 26.0 Å². The average Bonchev–Trinajstić information content (AvgIpc) is 2.40. The van der Waals surface area contributed by atoms with Gasteiger partial charge in [0.2, 0.25) is 5.91 Å². The van der Waals surface area contributed by atoms with Gasteiger partial charge in [-0.25, -0.2) is 13.6 Å². The highest BCUT2D eigenvalue weighted by molar-refractivity contribution is 5.85. The van der Waals surface area contributed by atoms with E-state index in [0.29, 0.717) is 0 Å². The van der Waals surface area contributed by atoms with E-state index in [1.807, 2.05) is 0 Å². The summed E-state index contributed by atoms with van der Waals surface area (Å²) in [6.07, 6.45) is -0.343. The molecule has 1 atom stereocenters. The molecule has 110 valence electrons. The Bertz CT molecular complexity index is 503. The smallest absolute Gasteiger partial charge is 0.328 e. The monoisotopic (exact) mass is 285 g/mol. The summed E-state index contributed by atoms with van der Waals surface area (Å²) in [6, 6.07) is 2.80. The minimum absolute atomic E-state index is 0.0603. The largest absolute Gasteiger partial charge is 0.467 e. The van der Waals surface area contributed by atoms with E-state index < -0.39 is 29.6 Å². The molecule has 0 aromatic heterocycles. The highest BCUT2D eigenvalue weighted by Gasteiger charge is 2.25. The third kappa shape index (κ3) is 4.01. The molecule has 1 rings (SSSR count). The first-order valence-electron chi connectivity index (χ1n) is 6.17. The molecule has 0 radical (unpaired) electrons. The second-order valence-corrected chi connectivity index (χ2v) is 4.70. The zero-order valence-corrected chi connectivity index (χ0v) is 11.6. The number of halogens is 2. The normalized spacial score (nSPS) is 12.1. The lowest BCUT2D eigenvalue weighted by atomic mass is 10.0. The van der Waals surface area contributed by atoms with Gasteiger partial charge < -0.3 is 10.1 Å². The van der Waals surface area contributed by atoms with Gasteiger partial charge in [-0.05, 0) is 12.0 Å². The molecule has 0 spiro atoms. The summed E-state index contributed by atoms with van der Waals surface area (Å²) in [4.78, 5) is 23.3. The van der Waals surface area contributed by atoms with Crippen LogP contribution in [0.1, 0.15) is 19.4 Å². The van der Waals surface area contributed by atoms with Gasteiger partial charge in [0.25, 0.3) is 0 Å². The fourth-order valence-electron chi connectivity index (χ4n) is 1.71. The molecule has 0 aliphatic carbocycles. The lowest BCUT2D eigenvalue weighted by Gasteiger charge is -2.19. The number of carbonyl (C=O) groups excluding carboxylic acids is 2. The van der Waals surface area contributed by atoms with Crippen molar-refractivity contribution in [2.24, 2.45) is 5.92 Å². The minimum Gasteiger partial charge on any atom is -0.467 e. The maximum Gasteiger partial charge on any atom is 0.328 e. The van der Waals surface area contributed by atoms with E-state index in [9.17, 15) is 18.4 Å². The molecule has 1 unspecified atom stereocenters. The van der Waals surface area contributed by atoms with Crippen molar-refractivity contribution < 1.29 is 23.1 Å². The molecule has 20 heavy (non-hydrogen) atoms. The van der Waals surface area contributed by atoms with Gasteiger partial charge in [0.1, 0.15) is 6.04 Å². The van der Waals surface area contributed by atoms with Crippen LogP contribution in [0.15, 0.2) is 18.2 Å². The molecule has 0 fully saturated rings. The maximum absolute atomic E-state index is 13.4. The molecule has 0 saturated heterocycles. The van der Waals surface area contributed by atoms with Crippen molar-refractivity contribution in [1.82, 2.24) is 5.32 Å². The van der Waals surface area contributed by atoms with Gasteiger partial charge in [0, 0.05) is 5.56 Å². The molecule has 1 aromatic rings. The number of methoxy groups -OCH3 is 1. The van der Waals surface area contributed by atoms with Crippen LogP contribution < -0.4 is 5.32 Å². The summed E-state index contributed by atoms with van der Waals surface area (Å²) in [6.45, 7) is 3.48. The van der Waals surface area contributed by atoms with Crippen LogP contribution in [-0.2, 0) is 20.7 Å². The quantitative estimate of drug-likeness (QED) is 0.840. The van der Waals surface area contributed by atoms with Gasteiger partial charge in [-0.2, -0.15) is 0 Å². The second kappa shape index (κ2) is 6.98. The van der Waals surface area contributed by atoms with Crippen LogP contribution in [0.4, 0.5) is 8.78 Å². The van der Waals surface area contributed by atoms with Gasteiger partial charge in [-0.3, -0.25) is 4.79 Å². The van der Waals surface area contributed by atoms with E-state index in [-0.39, 0.29) is 17.9 Å². The fraction of sp³-hybridized carbons (Fsp3) is 0.429. The Hall–Kier alpha value is -1.98. The molecule has 1 amide bonds. The summed E-state index contributed by atoms with van der Waals surface area (Å²) in [5.41, 5.74) is -0.0603. The Morgan fingerprint density at radius 2 is 1.95 bits per heavy atom. The molecular formula is C14H17F2NO3. The van der Waals surface area contributed by atoms with Gasteiger partial charge in [0.05, 0.1) is 13.5 Å². The van der Waals surface area contributed by atoms with E-state index in [0.717, 1.165) is 6.07 Å². The Balaban J connectivity index is 2.76. The molecule has 0 bridgehead atoms. The highest BCUT2D eigenvalue weighted by Crippen LogP contribution is 2.12. The fourth-order valence-corrected chi connectivity index (χ4v) is 1.71. The van der Waals surface area contributed by atoms with E-state index in [4.69, 9.17) is 0 Å². The molecule has 0 saturated carbocycles. The Morgan fingerprint density at radius 3 is 2.50 bits per heavy atom. The predicted molar refractivity (Wildman–Crippen MR) is 68.8 cm³/mol. The number of esters is 1. The molecule has 1 aromatic carbocycles. The van der Waals surface area contributed by atoms with Crippen molar-refractivity contribution in [3.8, 4) is 0 Å². The van der Waals surface area contributed by atoms with Crippen molar-refractivity contribution in [2.45, 2.75) is 26.3 Å². The van der Waals surface area contributed by atoms with Crippen LogP contribution in [0.25, 0.3) is 0 Å². The molecule has 0 heterocycles. The number of ether oxygens (including phenoxy) is 1. The van der Waals surface area contributed by atoms with E-state index in [1.54, 1.807) is 13.8 Å². The molecule has 4 nitrogen and oxygen atoms in total. The molecule has 6 heteroatoms. The summed E-state index contributed by atoms with van der Waals surface area (Å²) in [5.74, 6) is -3.39. The standard InChI is InChI=1S/C14H17F2NO3/c1-8(2)13(14(19)20-3)17-11(18)7-9-5-4-6-10(15)12(9)16/h4-6,8,13H,7H2,1-3H3,(H,17,18). The Kier molecular flexibility index (Phi) is 5.61. The van der Waals surface area contributed by atoms with Crippen LogP contribution in [0.2, 0.25) is 0 Å². The van der Waals surface area contributed by atoms with Crippen LogP contribution in [0.3, 0.4) is 0 Å². The average molecular weight is 285 g/mol. The lowest BCUT2D eigenvalue weighted by molar-refractivity contribution is -0.146. The maximum atomic E-state index is 13.4. The Morgan fingerprint density at radius 1 is 1.30 bits per heavy atom. The second-order valence-electron chi connectivity index (χ2n) is 4.70. The van der Waals surface area contributed by atoms with Crippen molar-refractivity contribution in [3.05, 3.63) is 35.4 Å². The number of hydrogen-bond donors (Lipinski definition) is 1. The first kappa shape index (κ1) is 16.1. The summed E-state index contributed by atoms with van der Waals surface area (Å²) in [5, 5.41) is 2.46. The molecule has 0 aliphatic rings. The Labute approximate surface area is 116 Å². The topological polar surface area (TPSA) is 55.4 Å². The van der Waals surface area contributed by atoms with Crippen molar-refractivity contribution >= 4 is 11.9 Å². The van der Waals surface area contributed by atoms with Crippen LogP contribution in [0, 0.1) is 17.6 Å². The van der Waals surface area contributed by atoms with Crippen LogP contribution >= 0.6 is 0 Å². The number of carbonyl (C=O) groups is 2. The third-order valence-electron chi connectivity index (χ3n) is 2.82. The number of nitrogens with one attached hydrogen (secondary N) is 1.